The molecule has 1 atom stereocenters. The fourth-order valence-electron chi connectivity index (χ4n) is 6.15. The van der Waals surface area contributed by atoms with Gasteiger partial charge in [-0.25, -0.2) is 4.98 Å². The van der Waals surface area contributed by atoms with Crippen molar-refractivity contribution in [3.8, 4) is 0 Å². The number of rotatable bonds is 10. The topological polar surface area (TPSA) is 83.9 Å². The van der Waals surface area contributed by atoms with Crippen molar-refractivity contribution in [3.63, 3.8) is 0 Å². The van der Waals surface area contributed by atoms with Gasteiger partial charge in [0, 0.05) is 37.4 Å². The first kappa shape index (κ1) is 26.1. The number of hydrogen-bond acceptors (Lipinski definition) is 6. The highest BCUT2D eigenvalue weighted by molar-refractivity contribution is 5.77. The number of aromatic nitrogens is 1. The quantitative estimate of drug-likeness (QED) is 0.447. The Morgan fingerprint density at radius 2 is 2.08 bits per heavy atom. The summed E-state index contributed by atoms with van der Waals surface area (Å²) in [5, 5.41) is 13.6. The normalized spacial score (nSPS) is 19.9. The van der Waals surface area contributed by atoms with Crippen molar-refractivity contribution >= 4 is 11.8 Å². The van der Waals surface area contributed by atoms with E-state index in [2.05, 4.69) is 43.4 Å². The molecule has 3 aliphatic heterocycles. The van der Waals surface area contributed by atoms with Gasteiger partial charge in [-0.15, -0.1) is 0 Å². The number of pyridine rings is 1. The van der Waals surface area contributed by atoms with Gasteiger partial charge in [0.05, 0.1) is 19.3 Å². The van der Waals surface area contributed by atoms with Crippen LogP contribution in [-0.2, 0) is 39.1 Å². The number of fused-ring (bicyclic) bond motifs is 2. The second-order valence-corrected chi connectivity index (χ2v) is 11.6. The van der Waals surface area contributed by atoms with Gasteiger partial charge in [0.25, 0.3) is 0 Å². The number of nitrogens with one attached hydrogen (secondary N) is 1. The maximum absolute atomic E-state index is 12.5. The Kier molecular flexibility index (Phi) is 7.84. The average Bonchev–Trinajstić information content (AvgIpc) is 2.83. The predicted octanol–water partition coefficient (Wildman–Crippen LogP) is 4.80. The van der Waals surface area contributed by atoms with Gasteiger partial charge in [0.1, 0.15) is 11.9 Å². The summed E-state index contributed by atoms with van der Waals surface area (Å²) in [5.74, 6) is 0.281. The summed E-state index contributed by atoms with van der Waals surface area (Å²) < 4.78 is 11.9. The van der Waals surface area contributed by atoms with Gasteiger partial charge in [-0.05, 0) is 67.3 Å². The number of ether oxygens (including phenoxy) is 2. The van der Waals surface area contributed by atoms with E-state index in [1.165, 1.54) is 12.0 Å². The van der Waals surface area contributed by atoms with Crippen molar-refractivity contribution in [1.82, 2.24) is 9.88 Å². The van der Waals surface area contributed by atoms with Crippen molar-refractivity contribution in [2.45, 2.75) is 83.5 Å². The zero-order valence-electron chi connectivity index (χ0n) is 22.5. The molecule has 1 saturated heterocycles. The Labute approximate surface area is 220 Å². The van der Waals surface area contributed by atoms with Crippen LogP contribution < -0.4 is 5.32 Å². The van der Waals surface area contributed by atoms with E-state index in [0.717, 1.165) is 79.0 Å². The Balaban J connectivity index is 1.09. The molecule has 4 heterocycles. The number of aliphatic carboxylic acids is 1. The van der Waals surface area contributed by atoms with Gasteiger partial charge in [0.2, 0.25) is 0 Å². The highest BCUT2D eigenvalue weighted by Crippen LogP contribution is 2.40. The highest BCUT2D eigenvalue weighted by Gasteiger charge is 2.42. The number of aryl methyl sites for hydroxylation is 3. The molecule has 3 aliphatic rings. The van der Waals surface area contributed by atoms with Crippen LogP contribution in [0.5, 0.6) is 0 Å². The van der Waals surface area contributed by atoms with E-state index in [9.17, 15) is 9.90 Å². The number of nitrogens with zero attached hydrogens (tertiary/aromatic N) is 2. The number of carbonyl (C=O) groups is 1. The third-order valence-electron chi connectivity index (χ3n) is 7.94. The number of carboxylic acid groups (broad SMARTS) is 1. The standard InChI is InChI=1S/C30H41N3O4/c1-20-14-22-18-36-19-30(2,3)26(22)25(15-20)27(29(34)35)33-16-24(17-33)37-13-6-4-5-9-23-11-10-21-8-7-12-31-28(21)32-23/h10-11,14-15,24,27H,4-9,12-13,16-19H2,1-3H3,(H,31,32)(H,34,35). The first-order chi connectivity index (χ1) is 17.8. The van der Waals surface area contributed by atoms with Crippen molar-refractivity contribution in [2.24, 2.45) is 0 Å². The zero-order valence-corrected chi connectivity index (χ0v) is 22.5. The van der Waals surface area contributed by atoms with Gasteiger partial charge in [0.15, 0.2) is 0 Å². The lowest BCUT2D eigenvalue weighted by Gasteiger charge is -2.44. The van der Waals surface area contributed by atoms with Crippen LogP contribution in [0.3, 0.4) is 0 Å². The summed E-state index contributed by atoms with van der Waals surface area (Å²) in [7, 11) is 0. The summed E-state index contributed by atoms with van der Waals surface area (Å²) in [6, 6.07) is 7.94. The van der Waals surface area contributed by atoms with Crippen LogP contribution in [0.2, 0.25) is 0 Å². The number of carboxylic acids is 1. The van der Waals surface area contributed by atoms with Crippen LogP contribution in [0, 0.1) is 6.92 Å². The third-order valence-corrected chi connectivity index (χ3v) is 7.94. The maximum Gasteiger partial charge on any atom is 0.325 e. The van der Waals surface area contributed by atoms with Crippen LogP contribution in [0.1, 0.15) is 79.1 Å². The molecule has 0 spiro atoms. The minimum atomic E-state index is -0.792. The van der Waals surface area contributed by atoms with Crippen LogP contribution >= 0.6 is 0 Å². The summed E-state index contributed by atoms with van der Waals surface area (Å²) in [5.41, 5.74) is 6.55. The molecule has 0 aliphatic carbocycles. The number of unbranched alkanes of at least 4 members (excludes halogenated alkanes) is 2. The second kappa shape index (κ2) is 11.1. The largest absolute Gasteiger partial charge is 0.480 e. The van der Waals surface area contributed by atoms with Gasteiger partial charge in [-0.2, -0.15) is 0 Å². The molecule has 1 aromatic heterocycles. The Morgan fingerprint density at radius 3 is 2.89 bits per heavy atom. The molecule has 37 heavy (non-hydrogen) atoms. The minimum Gasteiger partial charge on any atom is -0.480 e. The van der Waals surface area contributed by atoms with Gasteiger partial charge in [-0.3, -0.25) is 9.69 Å². The molecule has 200 valence electrons. The molecule has 7 heteroatoms. The maximum atomic E-state index is 12.5. The minimum absolute atomic E-state index is 0.104. The van der Waals surface area contributed by atoms with E-state index in [4.69, 9.17) is 14.5 Å². The zero-order chi connectivity index (χ0) is 26.0. The predicted molar refractivity (Wildman–Crippen MR) is 144 cm³/mol. The molecule has 1 fully saturated rings. The van der Waals surface area contributed by atoms with E-state index in [0.29, 0.717) is 26.3 Å². The monoisotopic (exact) mass is 507 g/mol. The van der Waals surface area contributed by atoms with Crippen LogP contribution in [0.15, 0.2) is 24.3 Å². The molecule has 1 unspecified atom stereocenters. The lowest BCUT2D eigenvalue weighted by molar-refractivity contribution is -0.151. The molecule has 2 aromatic rings. The molecule has 0 radical (unpaired) electrons. The summed E-state index contributed by atoms with van der Waals surface area (Å²) in [6.07, 6.45) is 6.63. The van der Waals surface area contributed by atoms with E-state index in [1.807, 2.05) is 11.8 Å². The number of likely N-dealkylation sites (tertiary alicyclic amines) is 1. The summed E-state index contributed by atoms with van der Waals surface area (Å²) in [6.45, 7) is 10.5. The molecule has 0 bridgehead atoms. The van der Waals surface area contributed by atoms with Crippen molar-refractivity contribution in [1.29, 1.82) is 0 Å². The number of benzene rings is 1. The molecule has 7 nitrogen and oxygen atoms in total. The average molecular weight is 508 g/mol. The van der Waals surface area contributed by atoms with Crippen molar-refractivity contribution < 1.29 is 19.4 Å². The number of hydrogen-bond donors (Lipinski definition) is 2. The smallest absolute Gasteiger partial charge is 0.325 e. The fraction of sp³-hybridized carbons (Fsp3) is 0.600. The van der Waals surface area contributed by atoms with Crippen LogP contribution in [0.25, 0.3) is 0 Å². The van der Waals surface area contributed by atoms with E-state index in [-0.39, 0.29) is 11.5 Å². The van der Waals surface area contributed by atoms with E-state index in [1.54, 1.807) is 0 Å². The lowest BCUT2D eigenvalue weighted by Crippen LogP contribution is -2.55. The van der Waals surface area contributed by atoms with Gasteiger partial charge in [-0.1, -0.05) is 44.0 Å². The molecule has 0 saturated carbocycles. The highest BCUT2D eigenvalue weighted by atomic mass is 16.5. The van der Waals surface area contributed by atoms with Gasteiger partial charge >= 0.3 is 5.97 Å². The lowest BCUT2D eigenvalue weighted by atomic mass is 9.75. The summed E-state index contributed by atoms with van der Waals surface area (Å²) >= 11 is 0. The molecule has 5 rings (SSSR count). The molecule has 0 amide bonds. The van der Waals surface area contributed by atoms with E-state index >= 15 is 0 Å². The van der Waals surface area contributed by atoms with Crippen molar-refractivity contribution in [2.75, 3.05) is 38.2 Å². The molecule has 1 aromatic carbocycles. The van der Waals surface area contributed by atoms with Crippen LogP contribution in [-0.4, -0.2) is 59.9 Å². The first-order valence-corrected chi connectivity index (χ1v) is 13.8. The Morgan fingerprint density at radius 1 is 1.24 bits per heavy atom. The van der Waals surface area contributed by atoms with Crippen molar-refractivity contribution in [3.05, 3.63) is 57.8 Å². The third kappa shape index (κ3) is 5.84. The Bertz CT molecular complexity index is 1130. The first-order valence-electron chi connectivity index (χ1n) is 13.8. The Hall–Kier alpha value is -2.48. The summed E-state index contributed by atoms with van der Waals surface area (Å²) in [4.78, 5) is 19.3. The van der Waals surface area contributed by atoms with Crippen LogP contribution in [0.4, 0.5) is 5.82 Å². The van der Waals surface area contributed by atoms with Gasteiger partial charge < -0.3 is 19.9 Å². The fourth-order valence-corrected chi connectivity index (χ4v) is 6.15. The molecular weight excluding hydrogens is 466 g/mol. The SMILES string of the molecule is Cc1cc2c(c(C(C(=O)O)N3CC(OCCCCCc4ccc5c(n4)NCCC5)C3)c1)C(C)(C)COC2. The van der Waals surface area contributed by atoms with E-state index < -0.39 is 12.0 Å². The number of anilines is 1. The second-order valence-electron chi connectivity index (χ2n) is 11.6. The molecular formula is C30H41N3O4. The molecule has 2 N–H and O–H groups in total.